The Balaban J connectivity index is 1.82. The molecule has 2 saturated carbocycles. The molecule has 3 atom stereocenters. The third-order valence-corrected chi connectivity index (χ3v) is 6.95. The minimum absolute atomic E-state index is 0.103. The molecule has 0 aromatic heterocycles. The summed E-state index contributed by atoms with van der Waals surface area (Å²) in [7, 11) is 0. The Kier molecular flexibility index (Phi) is 3.20. The molecule has 0 radical (unpaired) electrons. The summed E-state index contributed by atoms with van der Waals surface area (Å²) in [6.45, 7) is 11.2. The molecule has 1 aromatic carbocycles. The molecule has 2 heteroatoms. The molecular formula is C19H27NO. The fourth-order valence-corrected chi connectivity index (χ4v) is 4.66. The molecule has 1 aromatic rings. The predicted octanol–water partition coefficient (Wildman–Crippen LogP) is 4.25. The van der Waals surface area contributed by atoms with Crippen LogP contribution in [0, 0.1) is 30.6 Å². The van der Waals surface area contributed by atoms with Gasteiger partial charge < -0.3 is 5.32 Å². The molecule has 2 aliphatic rings. The Bertz CT molecular complexity index is 589. The number of benzene rings is 1. The number of fused-ring (bicyclic) bond motifs is 2. The van der Waals surface area contributed by atoms with E-state index in [0.29, 0.717) is 11.5 Å². The molecule has 3 unspecified atom stereocenters. The van der Waals surface area contributed by atoms with Gasteiger partial charge in [0.1, 0.15) is 0 Å². The van der Waals surface area contributed by atoms with Crippen LogP contribution in [-0.2, 0) is 0 Å². The Morgan fingerprint density at radius 2 is 1.95 bits per heavy atom. The van der Waals surface area contributed by atoms with E-state index in [1.165, 1.54) is 18.4 Å². The third-order valence-electron chi connectivity index (χ3n) is 6.95. The van der Waals surface area contributed by atoms with Crippen molar-refractivity contribution in [3.8, 4) is 0 Å². The first-order valence-corrected chi connectivity index (χ1v) is 8.14. The van der Waals surface area contributed by atoms with Gasteiger partial charge in [-0.05, 0) is 67.1 Å². The van der Waals surface area contributed by atoms with Crippen molar-refractivity contribution >= 4 is 5.91 Å². The van der Waals surface area contributed by atoms with Gasteiger partial charge in [0, 0.05) is 11.6 Å². The van der Waals surface area contributed by atoms with E-state index < -0.39 is 0 Å². The maximum atomic E-state index is 12.7. The van der Waals surface area contributed by atoms with Gasteiger partial charge >= 0.3 is 0 Å². The van der Waals surface area contributed by atoms with Crippen LogP contribution in [0.3, 0.4) is 0 Å². The summed E-state index contributed by atoms with van der Waals surface area (Å²) in [6, 6.07) is 6.30. The lowest BCUT2D eigenvalue weighted by atomic mass is 9.69. The smallest absolute Gasteiger partial charge is 0.251 e. The summed E-state index contributed by atoms with van der Waals surface area (Å²) in [5.74, 6) is 0.859. The minimum atomic E-state index is 0.103. The van der Waals surface area contributed by atoms with Crippen molar-refractivity contribution in [1.29, 1.82) is 0 Å². The van der Waals surface area contributed by atoms with Gasteiger partial charge in [0.25, 0.3) is 5.91 Å². The van der Waals surface area contributed by atoms with Crippen LogP contribution in [0.4, 0.5) is 0 Å². The van der Waals surface area contributed by atoms with Crippen molar-refractivity contribution < 1.29 is 4.79 Å². The van der Waals surface area contributed by atoms with Crippen LogP contribution in [0.2, 0.25) is 0 Å². The topological polar surface area (TPSA) is 29.1 Å². The number of rotatable bonds is 2. The molecule has 1 amide bonds. The molecule has 2 aliphatic carbocycles. The largest absolute Gasteiger partial charge is 0.349 e. The fraction of sp³-hybridized carbons (Fsp3) is 0.632. The van der Waals surface area contributed by atoms with Crippen LogP contribution >= 0.6 is 0 Å². The maximum absolute atomic E-state index is 12.7. The van der Waals surface area contributed by atoms with E-state index in [1.54, 1.807) is 0 Å². The molecule has 0 saturated heterocycles. The lowest BCUT2D eigenvalue weighted by molar-refractivity contribution is 0.0825. The first-order chi connectivity index (χ1) is 9.77. The second-order valence-corrected chi connectivity index (χ2v) is 7.88. The molecule has 2 nitrogen and oxygen atoms in total. The highest BCUT2D eigenvalue weighted by atomic mass is 16.1. The number of carbonyl (C=O) groups is 1. The lowest BCUT2D eigenvalue weighted by Crippen LogP contribution is -2.47. The maximum Gasteiger partial charge on any atom is 0.251 e. The van der Waals surface area contributed by atoms with E-state index in [1.807, 2.05) is 19.1 Å². The second-order valence-electron chi connectivity index (χ2n) is 7.88. The summed E-state index contributed by atoms with van der Waals surface area (Å²) in [5.41, 5.74) is 3.70. The molecule has 21 heavy (non-hydrogen) atoms. The van der Waals surface area contributed by atoms with Crippen molar-refractivity contribution in [2.24, 2.45) is 16.7 Å². The first kappa shape index (κ1) is 14.6. The number of aryl methyl sites for hydroxylation is 1. The molecule has 3 rings (SSSR count). The van der Waals surface area contributed by atoms with Crippen LogP contribution in [0.1, 0.15) is 61.5 Å². The highest BCUT2D eigenvalue weighted by Gasteiger charge is 2.61. The number of hydrogen-bond acceptors (Lipinski definition) is 1. The SMILES string of the molecule is Cc1cccc(C(=O)NC2CC3CCC2(C)C3(C)C)c1C. The van der Waals surface area contributed by atoms with Crippen LogP contribution in [0.15, 0.2) is 18.2 Å². The van der Waals surface area contributed by atoms with Gasteiger partial charge in [0.2, 0.25) is 0 Å². The summed E-state index contributed by atoms with van der Waals surface area (Å²) < 4.78 is 0. The van der Waals surface area contributed by atoms with Gasteiger partial charge in [-0.1, -0.05) is 32.9 Å². The van der Waals surface area contributed by atoms with Gasteiger partial charge in [0.15, 0.2) is 0 Å². The summed E-state index contributed by atoms with van der Waals surface area (Å²) >= 11 is 0. The summed E-state index contributed by atoms with van der Waals surface area (Å²) in [6.07, 6.45) is 3.70. The van der Waals surface area contributed by atoms with Gasteiger partial charge in [-0.15, -0.1) is 0 Å². The van der Waals surface area contributed by atoms with Crippen LogP contribution in [0.25, 0.3) is 0 Å². The Morgan fingerprint density at radius 3 is 2.52 bits per heavy atom. The van der Waals surface area contributed by atoms with Crippen molar-refractivity contribution in [3.05, 3.63) is 34.9 Å². The molecule has 2 fully saturated rings. The van der Waals surface area contributed by atoms with Crippen molar-refractivity contribution in [2.75, 3.05) is 0 Å². The van der Waals surface area contributed by atoms with E-state index in [2.05, 4.69) is 39.1 Å². The number of hydrogen-bond donors (Lipinski definition) is 1. The average molecular weight is 285 g/mol. The predicted molar refractivity (Wildman–Crippen MR) is 86.4 cm³/mol. The number of nitrogens with one attached hydrogen (secondary N) is 1. The van der Waals surface area contributed by atoms with E-state index in [-0.39, 0.29) is 11.3 Å². The molecule has 2 bridgehead atoms. The molecular weight excluding hydrogens is 258 g/mol. The molecule has 1 N–H and O–H groups in total. The monoisotopic (exact) mass is 285 g/mol. The summed E-state index contributed by atoms with van der Waals surface area (Å²) in [4.78, 5) is 12.7. The molecule has 114 valence electrons. The van der Waals surface area contributed by atoms with Crippen molar-refractivity contribution in [3.63, 3.8) is 0 Å². The van der Waals surface area contributed by atoms with Gasteiger partial charge in [-0.2, -0.15) is 0 Å². The molecule has 0 heterocycles. The Hall–Kier alpha value is -1.31. The van der Waals surface area contributed by atoms with Crippen LogP contribution in [0.5, 0.6) is 0 Å². The highest BCUT2D eigenvalue weighted by molar-refractivity contribution is 5.96. The van der Waals surface area contributed by atoms with Crippen LogP contribution in [-0.4, -0.2) is 11.9 Å². The van der Waals surface area contributed by atoms with E-state index in [0.717, 1.165) is 23.5 Å². The van der Waals surface area contributed by atoms with Gasteiger partial charge in [-0.25, -0.2) is 0 Å². The third kappa shape index (κ3) is 1.95. The average Bonchev–Trinajstić information content (AvgIpc) is 2.75. The number of amides is 1. The Morgan fingerprint density at radius 1 is 1.24 bits per heavy atom. The second kappa shape index (κ2) is 4.59. The highest BCUT2D eigenvalue weighted by Crippen LogP contribution is 2.65. The zero-order valence-electron chi connectivity index (χ0n) is 13.9. The quantitative estimate of drug-likeness (QED) is 0.865. The van der Waals surface area contributed by atoms with Crippen molar-refractivity contribution in [2.45, 2.75) is 59.9 Å². The zero-order valence-corrected chi connectivity index (χ0v) is 13.9. The van der Waals surface area contributed by atoms with E-state index in [9.17, 15) is 4.79 Å². The zero-order chi connectivity index (χ0) is 15.4. The van der Waals surface area contributed by atoms with Gasteiger partial charge in [0.05, 0.1) is 0 Å². The van der Waals surface area contributed by atoms with Crippen molar-refractivity contribution in [1.82, 2.24) is 5.32 Å². The minimum Gasteiger partial charge on any atom is -0.349 e. The Labute approximate surface area is 128 Å². The number of carbonyl (C=O) groups excluding carboxylic acids is 1. The fourth-order valence-electron chi connectivity index (χ4n) is 4.66. The van der Waals surface area contributed by atoms with Crippen LogP contribution < -0.4 is 5.32 Å². The molecule has 0 spiro atoms. The lowest BCUT2D eigenvalue weighted by Gasteiger charge is -2.39. The standard InChI is InChI=1S/C19H27NO/c1-12-7-6-8-15(13(12)2)17(21)20-16-11-14-9-10-19(16,5)18(14,3)4/h6-8,14,16H,9-11H2,1-5H3,(H,20,21). The normalized spacial score (nSPS) is 33.2. The first-order valence-electron chi connectivity index (χ1n) is 8.14. The van der Waals surface area contributed by atoms with Gasteiger partial charge in [-0.3, -0.25) is 4.79 Å². The summed E-state index contributed by atoms with van der Waals surface area (Å²) in [5, 5.41) is 3.35. The molecule has 0 aliphatic heterocycles. The van der Waals surface area contributed by atoms with E-state index in [4.69, 9.17) is 0 Å². The van der Waals surface area contributed by atoms with E-state index >= 15 is 0 Å².